The Morgan fingerprint density at radius 2 is 1.79 bits per heavy atom. The first-order valence-electron chi connectivity index (χ1n) is 7.29. The van der Waals surface area contributed by atoms with E-state index in [2.05, 4.69) is 0 Å². The predicted molar refractivity (Wildman–Crippen MR) is 87.4 cm³/mol. The van der Waals surface area contributed by atoms with Gasteiger partial charge in [0.15, 0.2) is 0 Å². The van der Waals surface area contributed by atoms with Gasteiger partial charge in [0.2, 0.25) is 0 Å². The number of hydrogen-bond acceptors (Lipinski definition) is 3. The van der Waals surface area contributed by atoms with Crippen LogP contribution in [0.25, 0.3) is 10.9 Å². The molecule has 0 aliphatic heterocycles. The van der Waals surface area contributed by atoms with Crippen molar-refractivity contribution in [1.29, 1.82) is 0 Å². The largest absolute Gasteiger partial charge is 0.508 e. The molecule has 0 spiro atoms. The van der Waals surface area contributed by atoms with E-state index in [9.17, 15) is 19.8 Å². The molecule has 1 aromatic heterocycles. The van der Waals surface area contributed by atoms with E-state index in [1.165, 1.54) is 6.07 Å². The highest BCUT2D eigenvalue weighted by atomic mass is 16.4. The van der Waals surface area contributed by atoms with Crippen molar-refractivity contribution in [2.75, 3.05) is 0 Å². The van der Waals surface area contributed by atoms with E-state index in [4.69, 9.17) is 5.11 Å². The highest BCUT2D eigenvalue weighted by Crippen LogP contribution is 2.27. The van der Waals surface area contributed by atoms with Crippen molar-refractivity contribution in [3.8, 4) is 5.75 Å². The van der Waals surface area contributed by atoms with Gasteiger partial charge in [-0.3, -0.25) is 4.79 Å². The summed E-state index contributed by atoms with van der Waals surface area (Å²) in [4.78, 5) is 22.6. The maximum Gasteiger partial charge on any atom is 0.337 e. The second kappa shape index (κ2) is 6.08. The van der Waals surface area contributed by atoms with Crippen molar-refractivity contribution in [2.24, 2.45) is 0 Å². The molecule has 0 saturated carbocycles. The van der Waals surface area contributed by atoms with Gasteiger partial charge in [-0.1, -0.05) is 24.3 Å². The van der Waals surface area contributed by atoms with E-state index in [0.717, 1.165) is 5.56 Å². The molecule has 0 atom stereocenters. The highest BCUT2D eigenvalue weighted by molar-refractivity contribution is 6.04. The summed E-state index contributed by atoms with van der Waals surface area (Å²) in [5.41, 5.74) is 1.93. The summed E-state index contributed by atoms with van der Waals surface area (Å²) in [6.45, 7) is 0.328. The summed E-state index contributed by atoms with van der Waals surface area (Å²) in [7, 11) is 0. The quantitative estimate of drug-likeness (QED) is 0.670. The van der Waals surface area contributed by atoms with Gasteiger partial charge in [-0.2, -0.15) is 0 Å². The third-order valence-electron chi connectivity index (χ3n) is 3.82. The molecule has 0 fully saturated rings. The Morgan fingerprint density at radius 1 is 1.04 bits per heavy atom. The molecule has 0 bridgehead atoms. The van der Waals surface area contributed by atoms with Crippen LogP contribution in [0, 0.1) is 0 Å². The standard InChI is InChI=1S/C18H15NO5/c20-13-4-1-3-11(7-13)9-19-10-12(8-16(21)22)14-5-2-6-15(17(14)19)18(23)24/h1-7,10,20H,8-9H2,(H,21,22)(H,23,24). The van der Waals surface area contributed by atoms with Crippen LogP contribution < -0.4 is 0 Å². The maximum absolute atomic E-state index is 11.5. The number of aromatic nitrogens is 1. The van der Waals surface area contributed by atoms with Gasteiger partial charge in [0, 0.05) is 18.1 Å². The minimum absolute atomic E-state index is 0.115. The van der Waals surface area contributed by atoms with Crippen molar-refractivity contribution >= 4 is 22.8 Å². The van der Waals surface area contributed by atoms with Crippen LogP contribution in [0.3, 0.4) is 0 Å². The number of benzene rings is 2. The number of carboxylic acids is 2. The number of rotatable bonds is 5. The normalized spacial score (nSPS) is 10.8. The number of hydrogen-bond donors (Lipinski definition) is 3. The van der Waals surface area contributed by atoms with Crippen LogP contribution in [0.5, 0.6) is 5.75 Å². The summed E-state index contributed by atoms with van der Waals surface area (Å²) in [5.74, 6) is -1.93. The fourth-order valence-corrected chi connectivity index (χ4v) is 2.89. The molecule has 0 aliphatic rings. The molecule has 0 saturated heterocycles. The number of phenolic OH excluding ortho intramolecular Hbond substituents is 1. The first-order valence-corrected chi connectivity index (χ1v) is 7.29. The van der Waals surface area contributed by atoms with Crippen LogP contribution in [0.2, 0.25) is 0 Å². The number of nitrogens with zero attached hydrogens (tertiary/aromatic N) is 1. The molecule has 3 rings (SSSR count). The van der Waals surface area contributed by atoms with Gasteiger partial charge >= 0.3 is 11.9 Å². The van der Waals surface area contributed by atoms with E-state index in [1.807, 2.05) is 6.07 Å². The molecule has 6 heteroatoms. The van der Waals surface area contributed by atoms with Crippen LogP contribution in [-0.2, 0) is 17.8 Å². The van der Waals surface area contributed by atoms with Gasteiger partial charge in [0.05, 0.1) is 17.5 Å². The lowest BCUT2D eigenvalue weighted by Crippen LogP contribution is -2.04. The minimum Gasteiger partial charge on any atom is -0.508 e. The number of fused-ring (bicyclic) bond motifs is 1. The van der Waals surface area contributed by atoms with Gasteiger partial charge < -0.3 is 19.9 Å². The smallest absolute Gasteiger partial charge is 0.337 e. The number of aliphatic carboxylic acids is 1. The Bertz CT molecular complexity index is 942. The lowest BCUT2D eigenvalue weighted by atomic mass is 10.1. The first-order chi connectivity index (χ1) is 11.5. The molecule has 1 heterocycles. The molecule has 0 radical (unpaired) electrons. The third kappa shape index (κ3) is 2.94. The van der Waals surface area contributed by atoms with Gasteiger partial charge in [-0.15, -0.1) is 0 Å². The summed E-state index contributed by atoms with van der Waals surface area (Å²) >= 11 is 0. The number of aromatic hydroxyl groups is 1. The Balaban J connectivity index is 2.18. The molecule has 6 nitrogen and oxygen atoms in total. The van der Waals surface area contributed by atoms with E-state index < -0.39 is 11.9 Å². The Morgan fingerprint density at radius 3 is 2.46 bits per heavy atom. The molecular weight excluding hydrogens is 310 g/mol. The monoisotopic (exact) mass is 325 g/mol. The van der Waals surface area contributed by atoms with E-state index in [-0.39, 0.29) is 17.7 Å². The van der Waals surface area contributed by atoms with Crippen LogP contribution >= 0.6 is 0 Å². The topological polar surface area (TPSA) is 99.8 Å². The van der Waals surface area contributed by atoms with Gasteiger partial charge in [-0.05, 0) is 29.3 Å². The third-order valence-corrected chi connectivity index (χ3v) is 3.82. The Kier molecular flexibility index (Phi) is 3.95. The zero-order valence-corrected chi connectivity index (χ0v) is 12.6. The molecular formula is C18H15NO5. The fourth-order valence-electron chi connectivity index (χ4n) is 2.89. The molecule has 3 N–H and O–H groups in total. The second-order valence-electron chi connectivity index (χ2n) is 5.53. The average Bonchev–Trinajstić information content (AvgIpc) is 2.84. The lowest BCUT2D eigenvalue weighted by Gasteiger charge is -2.08. The molecule has 0 aliphatic carbocycles. The molecule has 122 valence electrons. The lowest BCUT2D eigenvalue weighted by molar-refractivity contribution is -0.136. The predicted octanol–water partition coefficient (Wildman–Crippen LogP) is 2.72. The van der Waals surface area contributed by atoms with E-state index in [1.54, 1.807) is 41.1 Å². The van der Waals surface area contributed by atoms with Gasteiger partial charge in [0.25, 0.3) is 0 Å². The SMILES string of the molecule is O=C(O)Cc1cn(Cc2cccc(O)c2)c2c(C(=O)O)cccc12. The van der Waals surface area contributed by atoms with Crippen LogP contribution in [0.15, 0.2) is 48.7 Å². The summed E-state index contributed by atoms with van der Waals surface area (Å²) in [6.07, 6.45) is 1.47. The van der Waals surface area contributed by atoms with Crippen LogP contribution in [0.4, 0.5) is 0 Å². The maximum atomic E-state index is 11.5. The number of carboxylic acid groups (broad SMARTS) is 2. The Hall–Kier alpha value is -3.28. The molecule has 3 aromatic rings. The van der Waals surface area contributed by atoms with Crippen LogP contribution in [-0.4, -0.2) is 31.8 Å². The van der Waals surface area contributed by atoms with Crippen molar-refractivity contribution in [3.05, 3.63) is 65.4 Å². The average molecular weight is 325 g/mol. The zero-order chi connectivity index (χ0) is 17.3. The van der Waals surface area contributed by atoms with Crippen LogP contribution in [0.1, 0.15) is 21.5 Å². The number of para-hydroxylation sites is 1. The molecule has 0 amide bonds. The molecule has 2 aromatic carbocycles. The number of phenols is 1. The van der Waals surface area contributed by atoms with E-state index >= 15 is 0 Å². The minimum atomic E-state index is -1.07. The number of aromatic carboxylic acids is 1. The first kappa shape index (κ1) is 15.6. The second-order valence-corrected chi connectivity index (χ2v) is 5.53. The zero-order valence-electron chi connectivity index (χ0n) is 12.6. The molecule has 0 unspecified atom stereocenters. The molecule has 24 heavy (non-hydrogen) atoms. The summed E-state index contributed by atoms with van der Waals surface area (Å²) < 4.78 is 1.71. The highest BCUT2D eigenvalue weighted by Gasteiger charge is 2.17. The fraction of sp³-hybridized carbons (Fsp3) is 0.111. The summed E-state index contributed by atoms with van der Waals surface area (Å²) in [5, 5.41) is 28.7. The summed E-state index contributed by atoms with van der Waals surface area (Å²) in [6, 6.07) is 11.5. The number of carbonyl (C=O) groups is 2. The Labute approximate surface area is 137 Å². The van der Waals surface area contributed by atoms with Crippen molar-refractivity contribution in [1.82, 2.24) is 4.57 Å². The van der Waals surface area contributed by atoms with Gasteiger partial charge in [0.1, 0.15) is 5.75 Å². The van der Waals surface area contributed by atoms with Crippen molar-refractivity contribution in [3.63, 3.8) is 0 Å². The van der Waals surface area contributed by atoms with Crippen molar-refractivity contribution in [2.45, 2.75) is 13.0 Å². The van der Waals surface area contributed by atoms with Gasteiger partial charge in [-0.25, -0.2) is 4.79 Å². The van der Waals surface area contributed by atoms with Crippen molar-refractivity contribution < 1.29 is 24.9 Å². The van der Waals surface area contributed by atoms with E-state index in [0.29, 0.717) is 23.0 Å².